The molecule has 0 spiro atoms. The predicted molar refractivity (Wildman–Crippen MR) is 177 cm³/mol. The quantitative estimate of drug-likeness (QED) is 0.0987. The molecule has 4 aromatic carbocycles. The van der Waals surface area contributed by atoms with Crippen LogP contribution >= 0.6 is 15.9 Å². The monoisotopic (exact) mass is 568 g/mol. The van der Waals surface area contributed by atoms with E-state index in [4.69, 9.17) is 0 Å². The van der Waals surface area contributed by atoms with Gasteiger partial charge in [-0.25, -0.2) is 0 Å². The summed E-state index contributed by atoms with van der Waals surface area (Å²) in [6.07, 6.45) is 18.3. The van der Waals surface area contributed by atoms with Crippen LogP contribution < -0.4 is 5.46 Å². The van der Waals surface area contributed by atoms with Gasteiger partial charge in [0.05, 0.1) is 0 Å². The van der Waals surface area contributed by atoms with Crippen LogP contribution in [0.2, 0.25) is 0 Å². The minimum absolute atomic E-state index is 1.14. The number of halogens is 1. The van der Waals surface area contributed by atoms with Crippen molar-refractivity contribution in [2.45, 2.75) is 104 Å². The molecule has 0 amide bonds. The first-order valence-electron chi connectivity index (χ1n) is 15.4. The number of unbranched alkanes of at least 4 members (excludes halogenated alkanes) is 10. The third kappa shape index (κ3) is 7.12. The van der Waals surface area contributed by atoms with Crippen LogP contribution in [0.25, 0.3) is 32.7 Å². The molecule has 0 radical (unpaired) electrons. The molecule has 0 nitrogen and oxygen atoms in total. The fourth-order valence-corrected chi connectivity index (χ4v) is 6.81. The molecule has 0 atom stereocenters. The fraction of sp³-hybridized carbons (Fsp3) is 0.444. The SMILES string of the molecule is Bc1cc(CCCCCCCC)c(-c2c(CCCCCCCC)cc(Br)c3ccccc23)c2ccccc12. The second-order valence-corrected chi connectivity index (χ2v) is 12.1. The molecule has 0 aliphatic rings. The van der Waals surface area contributed by atoms with Gasteiger partial charge >= 0.3 is 0 Å². The first-order chi connectivity index (χ1) is 18.7. The van der Waals surface area contributed by atoms with Crippen LogP contribution in [0.15, 0.2) is 65.1 Å². The smallest absolute Gasteiger partial charge is 0.0810 e. The Kier molecular flexibility index (Phi) is 11.4. The zero-order chi connectivity index (χ0) is 26.7. The van der Waals surface area contributed by atoms with Gasteiger partial charge in [-0.05, 0) is 75.5 Å². The normalized spacial score (nSPS) is 11.6. The number of hydrogen-bond acceptors (Lipinski definition) is 0. The van der Waals surface area contributed by atoms with Crippen LogP contribution in [0, 0.1) is 0 Å². The van der Waals surface area contributed by atoms with E-state index in [-0.39, 0.29) is 0 Å². The van der Waals surface area contributed by atoms with Crippen molar-refractivity contribution in [3.05, 3.63) is 76.3 Å². The van der Waals surface area contributed by atoms with E-state index in [1.54, 1.807) is 0 Å². The van der Waals surface area contributed by atoms with E-state index in [0.29, 0.717) is 0 Å². The Morgan fingerprint density at radius 1 is 0.526 bits per heavy atom. The van der Waals surface area contributed by atoms with Crippen molar-refractivity contribution in [1.82, 2.24) is 0 Å². The second-order valence-electron chi connectivity index (χ2n) is 11.2. The highest BCUT2D eigenvalue weighted by molar-refractivity contribution is 9.10. The molecule has 4 aromatic rings. The van der Waals surface area contributed by atoms with Gasteiger partial charge in [-0.2, -0.15) is 0 Å². The molecule has 0 saturated heterocycles. The first-order valence-corrected chi connectivity index (χ1v) is 16.2. The molecule has 0 aliphatic heterocycles. The van der Waals surface area contributed by atoms with Gasteiger partial charge in [0, 0.05) is 4.47 Å². The molecule has 38 heavy (non-hydrogen) atoms. The zero-order valence-electron chi connectivity index (χ0n) is 24.1. The molecular formula is C36H46BBr. The van der Waals surface area contributed by atoms with E-state index in [2.05, 4.69) is 98.3 Å². The lowest BCUT2D eigenvalue weighted by atomic mass is 9.79. The maximum atomic E-state index is 3.95. The summed E-state index contributed by atoms with van der Waals surface area (Å²) in [6.45, 7) is 4.60. The van der Waals surface area contributed by atoms with Crippen molar-refractivity contribution in [3.63, 3.8) is 0 Å². The Morgan fingerprint density at radius 3 is 1.50 bits per heavy atom. The van der Waals surface area contributed by atoms with Crippen LogP contribution in [-0.2, 0) is 12.8 Å². The third-order valence-corrected chi connectivity index (χ3v) is 8.91. The standard InChI is InChI=1S/C36H46BBr/c1-3-5-7-9-11-13-19-27-25-33(37)29-21-15-17-23-31(29)35(27)36-28(20-14-12-10-8-6-4-2)26-34(38)30-22-16-18-24-32(30)36/h15-18,21-26H,3-14,19-20,37H2,1-2H3. The summed E-state index contributed by atoms with van der Waals surface area (Å²) in [5.41, 5.74) is 7.42. The maximum absolute atomic E-state index is 3.95. The van der Waals surface area contributed by atoms with Crippen molar-refractivity contribution in [1.29, 1.82) is 0 Å². The lowest BCUT2D eigenvalue weighted by Gasteiger charge is -2.21. The zero-order valence-corrected chi connectivity index (χ0v) is 25.6. The van der Waals surface area contributed by atoms with E-state index in [1.807, 2.05) is 0 Å². The summed E-state index contributed by atoms with van der Waals surface area (Å²) in [7, 11) is 2.30. The van der Waals surface area contributed by atoms with Crippen LogP contribution in [0.3, 0.4) is 0 Å². The summed E-state index contributed by atoms with van der Waals surface area (Å²) in [5.74, 6) is 0. The highest BCUT2D eigenvalue weighted by Gasteiger charge is 2.19. The van der Waals surface area contributed by atoms with Crippen molar-refractivity contribution < 1.29 is 0 Å². The van der Waals surface area contributed by atoms with Gasteiger partial charge < -0.3 is 0 Å². The third-order valence-electron chi connectivity index (χ3n) is 8.26. The van der Waals surface area contributed by atoms with E-state index in [9.17, 15) is 0 Å². The molecular weight excluding hydrogens is 523 g/mol. The number of benzene rings is 4. The van der Waals surface area contributed by atoms with Gasteiger partial charge in [-0.3, -0.25) is 0 Å². The predicted octanol–water partition coefficient (Wildman–Crippen LogP) is 10.5. The number of hydrogen-bond donors (Lipinski definition) is 0. The minimum atomic E-state index is 1.14. The fourth-order valence-electron chi connectivity index (χ4n) is 6.19. The summed E-state index contributed by atoms with van der Waals surface area (Å²) in [4.78, 5) is 0. The van der Waals surface area contributed by atoms with Gasteiger partial charge in [0.25, 0.3) is 0 Å². The van der Waals surface area contributed by atoms with Crippen LogP contribution in [0.5, 0.6) is 0 Å². The maximum Gasteiger partial charge on any atom is 0.140 e. The number of fused-ring (bicyclic) bond motifs is 2. The highest BCUT2D eigenvalue weighted by Crippen LogP contribution is 2.42. The van der Waals surface area contributed by atoms with Crippen LogP contribution in [0.4, 0.5) is 0 Å². The largest absolute Gasteiger partial charge is 0.140 e. The van der Waals surface area contributed by atoms with Gasteiger partial charge in [-0.1, -0.05) is 154 Å². The molecule has 0 bridgehead atoms. The first kappa shape index (κ1) is 28.9. The minimum Gasteiger partial charge on any atom is -0.0810 e. The molecule has 0 aliphatic carbocycles. The Balaban J connectivity index is 1.79. The molecule has 0 saturated carbocycles. The Labute approximate surface area is 241 Å². The highest BCUT2D eigenvalue weighted by atomic mass is 79.9. The molecule has 0 N–H and O–H groups in total. The van der Waals surface area contributed by atoms with Crippen molar-refractivity contribution in [3.8, 4) is 11.1 Å². The molecule has 0 heterocycles. The summed E-state index contributed by atoms with van der Waals surface area (Å²) < 4.78 is 1.23. The van der Waals surface area contributed by atoms with Crippen molar-refractivity contribution in [2.75, 3.05) is 0 Å². The lowest BCUT2D eigenvalue weighted by molar-refractivity contribution is 0.607. The second kappa shape index (κ2) is 14.9. The Bertz CT molecular complexity index is 1220. The summed E-state index contributed by atoms with van der Waals surface area (Å²) >= 11 is 3.95. The van der Waals surface area contributed by atoms with Crippen molar-refractivity contribution in [2.24, 2.45) is 0 Å². The Hall–Kier alpha value is -2.06. The molecule has 4 rings (SSSR count). The average molecular weight is 569 g/mol. The molecule has 0 unspecified atom stereocenters. The van der Waals surface area contributed by atoms with Crippen molar-refractivity contribution >= 4 is 50.8 Å². The van der Waals surface area contributed by atoms with Gasteiger partial charge in [0.15, 0.2) is 0 Å². The molecule has 0 fully saturated rings. The van der Waals surface area contributed by atoms with E-state index < -0.39 is 0 Å². The average Bonchev–Trinajstić information content (AvgIpc) is 2.94. The lowest BCUT2D eigenvalue weighted by Crippen LogP contribution is -2.09. The van der Waals surface area contributed by atoms with E-state index in [0.717, 1.165) is 12.8 Å². The summed E-state index contributed by atoms with van der Waals surface area (Å²) in [6, 6.07) is 23.1. The molecule has 2 heteroatoms. The van der Waals surface area contributed by atoms with Gasteiger partial charge in [-0.15, -0.1) is 0 Å². The Morgan fingerprint density at radius 2 is 0.947 bits per heavy atom. The molecule has 200 valence electrons. The number of rotatable bonds is 15. The van der Waals surface area contributed by atoms with E-state index in [1.165, 1.54) is 131 Å². The van der Waals surface area contributed by atoms with Crippen LogP contribution in [0.1, 0.15) is 102 Å². The topological polar surface area (TPSA) is 0 Å². The van der Waals surface area contributed by atoms with Crippen LogP contribution in [-0.4, -0.2) is 7.85 Å². The number of aryl methyl sites for hydroxylation is 2. The summed E-state index contributed by atoms with van der Waals surface area (Å²) in [5, 5.41) is 5.53. The van der Waals surface area contributed by atoms with Gasteiger partial charge in [0.2, 0.25) is 0 Å². The van der Waals surface area contributed by atoms with E-state index >= 15 is 0 Å². The van der Waals surface area contributed by atoms with Gasteiger partial charge in [0.1, 0.15) is 7.85 Å². The molecule has 0 aromatic heterocycles.